The van der Waals surface area contributed by atoms with E-state index in [0.29, 0.717) is 11.3 Å². The number of ether oxygens (including phenoxy) is 1. The fraction of sp³-hybridized carbons (Fsp3) is 0.0714. The topological polar surface area (TPSA) is 99.6 Å². The molecule has 0 unspecified atom stereocenters. The first-order valence-corrected chi connectivity index (χ1v) is 6.35. The highest BCUT2D eigenvalue weighted by Crippen LogP contribution is 2.23. The molecule has 0 amide bonds. The van der Waals surface area contributed by atoms with E-state index in [-0.39, 0.29) is 23.7 Å². The predicted octanol–water partition coefficient (Wildman–Crippen LogP) is 1.58. The zero-order valence-electron chi connectivity index (χ0n) is 11.2. The molecule has 22 heavy (non-hydrogen) atoms. The highest BCUT2D eigenvalue weighted by atomic mass is 16.6. The number of pyridine rings is 2. The van der Waals surface area contributed by atoms with E-state index in [2.05, 4.69) is 9.97 Å². The van der Waals surface area contributed by atoms with Gasteiger partial charge >= 0.3 is 5.82 Å². The maximum atomic E-state index is 11.9. The molecule has 0 saturated carbocycles. The van der Waals surface area contributed by atoms with Crippen molar-refractivity contribution in [1.82, 2.24) is 14.4 Å². The van der Waals surface area contributed by atoms with Gasteiger partial charge in [-0.1, -0.05) is 6.07 Å². The van der Waals surface area contributed by atoms with E-state index in [1.807, 2.05) is 0 Å². The Kier molecular flexibility index (Phi) is 3.48. The van der Waals surface area contributed by atoms with Gasteiger partial charge in [-0.15, -0.1) is 0 Å². The summed E-state index contributed by atoms with van der Waals surface area (Å²) in [5.74, 6) is -0.345. The van der Waals surface area contributed by atoms with E-state index < -0.39 is 4.92 Å². The van der Waals surface area contributed by atoms with Crippen molar-refractivity contribution in [3.05, 3.63) is 75.0 Å². The van der Waals surface area contributed by atoms with E-state index in [9.17, 15) is 14.9 Å². The molecule has 0 aliphatic rings. The Hall–Kier alpha value is -3.29. The molecule has 0 fully saturated rings. The monoisotopic (exact) mass is 298 g/mol. The second kappa shape index (κ2) is 5.60. The molecule has 3 heterocycles. The summed E-state index contributed by atoms with van der Waals surface area (Å²) in [7, 11) is 0. The fourth-order valence-electron chi connectivity index (χ4n) is 1.96. The molecule has 0 aliphatic carbocycles. The molecular formula is C14H10N4O4. The lowest BCUT2D eigenvalue weighted by Crippen LogP contribution is -2.16. The van der Waals surface area contributed by atoms with Crippen LogP contribution in [0, 0.1) is 10.1 Å². The molecule has 0 aliphatic heterocycles. The van der Waals surface area contributed by atoms with Gasteiger partial charge in [0.15, 0.2) is 0 Å². The van der Waals surface area contributed by atoms with Gasteiger partial charge in [-0.2, -0.15) is 0 Å². The van der Waals surface area contributed by atoms with Crippen molar-refractivity contribution in [3.63, 3.8) is 0 Å². The lowest BCUT2D eigenvalue weighted by Gasteiger charge is -2.06. The standard InChI is InChI=1S/C14H10N4O4/c19-13-8-10(16-12-5-1-2-7-17(12)13)9-22-11-4-3-6-15-14(11)18(20)21/h1-8H,9H2. The molecule has 0 bridgehead atoms. The molecule has 0 atom stereocenters. The third-order valence-corrected chi connectivity index (χ3v) is 2.92. The van der Waals surface area contributed by atoms with Gasteiger partial charge in [0, 0.05) is 12.3 Å². The van der Waals surface area contributed by atoms with Crippen molar-refractivity contribution in [2.45, 2.75) is 6.61 Å². The minimum absolute atomic E-state index is 0.0301. The van der Waals surface area contributed by atoms with Gasteiger partial charge in [-0.3, -0.25) is 9.20 Å². The summed E-state index contributed by atoms with van der Waals surface area (Å²) in [6, 6.07) is 9.49. The van der Waals surface area contributed by atoms with E-state index in [4.69, 9.17) is 4.74 Å². The highest BCUT2D eigenvalue weighted by Gasteiger charge is 2.15. The summed E-state index contributed by atoms with van der Waals surface area (Å²) >= 11 is 0. The number of aromatic nitrogens is 3. The van der Waals surface area contributed by atoms with Gasteiger partial charge in [0.1, 0.15) is 18.5 Å². The molecule has 3 aromatic heterocycles. The van der Waals surface area contributed by atoms with Gasteiger partial charge in [0.05, 0.1) is 5.69 Å². The summed E-state index contributed by atoms with van der Waals surface area (Å²) < 4.78 is 6.77. The van der Waals surface area contributed by atoms with Crippen LogP contribution in [0.5, 0.6) is 5.75 Å². The van der Waals surface area contributed by atoms with E-state index in [0.717, 1.165) is 0 Å². The largest absolute Gasteiger partial charge is 0.479 e. The van der Waals surface area contributed by atoms with Crippen LogP contribution in [0.2, 0.25) is 0 Å². The van der Waals surface area contributed by atoms with Crippen LogP contribution in [0.1, 0.15) is 5.69 Å². The average molecular weight is 298 g/mol. The molecule has 0 saturated heterocycles. The average Bonchev–Trinajstić information content (AvgIpc) is 2.53. The SMILES string of the molecule is O=c1cc(COc2cccnc2[N+](=O)[O-])nc2ccccn12. The highest BCUT2D eigenvalue weighted by molar-refractivity contribution is 5.40. The summed E-state index contributed by atoms with van der Waals surface area (Å²) in [5, 5.41) is 10.9. The third kappa shape index (κ3) is 2.62. The molecule has 8 heteroatoms. The van der Waals surface area contributed by atoms with E-state index in [1.165, 1.54) is 28.8 Å². The molecular weight excluding hydrogens is 288 g/mol. The number of fused-ring (bicyclic) bond motifs is 1. The van der Waals surface area contributed by atoms with Crippen LogP contribution >= 0.6 is 0 Å². The second-order valence-corrected chi connectivity index (χ2v) is 4.39. The summed E-state index contributed by atoms with van der Waals surface area (Å²) in [5.41, 5.74) is 0.619. The van der Waals surface area contributed by atoms with Crippen molar-refractivity contribution < 1.29 is 9.66 Å². The lowest BCUT2D eigenvalue weighted by atomic mass is 10.3. The molecule has 0 aromatic carbocycles. The summed E-state index contributed by atoms with van der Waals surface area (Å²) in [6.07, 6.45) is 2.92. The maximum Gasteiger partial charge on any atom is 0.406 e. The van der Waals surface area contributed by atoms with Crippen LogP contribution in [0.25, 0.3) is 5.65 Å². The Labute approximate surface area is 123 Å². The number of nitrogens with zero attached hydrogens (tertiary/aromatic N) is 4. The Balaban J connectivity index is 1.89. The van der Waals surface area contributed by atoms with Gasteiger partial charge < -0.3 is 14.9 Å². The first-order valence-electron chi connectivity index (χ1n) is 6.35. The first-order chi connectivity index (χ1) is 10.6. The number of nitro groups is 1. The van der Waals surface area contributed by atoms with E-state index >= 15 is 0 Å². The van der Waals surface area contributed by atoms with Crippen molar-refractivity contribution >= 4 is 11.5 Å². The molecule has 0 spiro atoms. The van der Waals surface area contributed by atoms with Gasteiger partial charge in [0.25, 0.3) is 5.56 Å². The quantitative estimate of drug-likeness (QED) is 0.535. The Bertz CT molecular complexity index is 906. The Morgan fingerprint density at radius 2 is 2.14 bits per heavy atom. The number of hydrogen-bond donors (Lipinski definition) is 0. The smallest absolute Gasteiger partial charge is 0.406 e. The van der Waals surface area contributed by atoms with Crippen molar-refractivity contribution in [2.75, 3.05) is 0 Å². The Morgan fingerprint density at radius 3 is 2.95 bits per heavy atom. The Morgan fingerprint density at radius 1 is 1.27 bits per heavy atom. The molecule has 0 radical (unpaired) electrons. The number of rotatable bonds is 4. The third-order valence-electron chi connectivity index (χ3n) is 2.92. The van der Waals surface area contributed by atoms with Gasteiger partial charge in [-0.05, 0) is 34.2 Å². The van der Waals surface area contributed by atoms with Gasteiger partial charge in [-0.25, -0.2) is 4.98 Å². The summed E-state index contributed by atoms with van der Waals surface area (Å²) in [6.45, 7) is -0.0623. The fourth-order valence-corrected chi connectivity index (χ4v) is 1.96. The maximum absolute atomic E-state index is 11.9. The minimum Gasteiger partial charge on any atom is -0.479 e. The normalized spacial score (nSPS) is 10.5. The summed E-state index contributed by atoms with van der Waals surface area (Å²) in [4.78, 5) is 30.1. The van der Waals surface area contributed by atoms with Crippen LogP contribution in [0.4, 0.5) is 5.82 Å². The van der Waals surface area contributed by atoms with Gasteiger partial charge in [0.2, 0.25) is 5.75 Å². The van der Waals surface area contributed by atoms with Crippen LogP contribution in [-0.2, 0) is 6.61 Å². The zero-order chi connectivity index (χ0) is 15.5. The molecule has 8 nitrogen and oxygen atoms in total. The van der Waals surface area contributed by atoms with Crippen molar-refractivity contribution in [2.24, 2.45) is 0 Å². The van der Waals surface area contributed by atoms with E-state index in [1.54, 1.807) is 24.4 Å². The van der Waals surface area contributed by atoms with Crippen LogP contribution in [0.15, 0.2) is 53.6 Å². The number of hydrogen-bond acceptors (Lipinski definition) is 6. The minimum atomic E-state index is -0.627. The molecule has 0 N–H and O–H groups in total. The van der Waals surface area contributed by atoms with Crippen molar-refractivity contribution in [1.29, 1.82) is 0 Å². The second-order valence-electron chi connectivity index (χ2n) is 4.39. The van der Waals surface area contributed by atoms with Crippen LogP contribution in [-0.4, -0.2) is 19.3 Å². The van der Waals surface area contributed by atoms with Crippen molar-refractivity contribution in [3.8, 4) is 5.75 Å². The predicted molar refractivity (Wildman–Crippen MR) is 76.7 cm³/mol. The molecule has 110 valence electrons. The van der Waals surface area contributed by atoms with Crippen LogP contribution < -0.4 is 10.3 Å². The van der Waals surface area contributed by atoms with Crippen LogP contribution in [0.3, 0.4) is 0 Å². The first kappa shape index (κ1) is 13.7. The lowest BCUT2D eigenvalue weighted by molar-refractivity contribution is -0.390. The zero-order valence-corrected chi connectivity index (χ0v) is 11.2. The molecule has 3 aromatic rings. The molecule has 3 rings (SSSR count).